The molecule has 0 saturated heterocycles. The molecule has 0 atom stereocenters. The Kier molecular flexibility index (Phi) is 5.41. The zero-order chi connectivity index (χ0) is 24.1. The first-order valence-corrected chi connectivity index (χ1v) is 13.0. The number of anilines is 2. The number of hydrogen-bond donors (Lipinski definition) is 1. The van der Waals surface area contributed by atoms with E-state index in [9.17, 15) is 13.2 Å². The molecule has 0 unspecified atom stereocenters. The molecule has 9 heteroatoms. The first-order chi connectivity index (χ1) is 16.2. The molecule has 1 aliphatic heterocycles. The van der Waals surface area contributed by atoms with Gasteiger partial charge < -0.3 is 14.9 Å². The minimum absolute atomic E-state index is 0.0831. The van der Waals surface area contributed by atoms with Crippen molar-refractivity contribution in [3.8, 4) is 11.1 Å². The zero-order valence-corrected chi connectivity index (χ0v) is 19.9. The van der Waals surface area contributed by atoms with Gasteiger partial charge in [-0.25, -0.2) is 18.4 Å². The Hall–Kier alpha value is -3.30. The number of aromatic nitrogens is 2. The van der Waals surface area contributed by atoms with Gasteiger partial charge in [0.1, 0.15) is 0 Å². The highest BCUT2D eigenvalue weighted by Gasteiger charge is 2.52. The number of amides is 1. The van der Waals surface area contributed by atoms with Crippen LogP contribution in [0.4, 0.5) is 11.6 Å². The van der Waals surface area contributed by atoms with Crippen LogP contribution in [0.25, 0.3) is 11.1 Å². The Morgan fingerprint density at radius 1 is 1.12 bits per heavy atom. The second-order valence-corrected chi connectivity index (χ2v) is 11.1. The van der Waals surface area contributed by atoms with E-state index in [-0.39, 0.29) is 29.4 Å². The second kappa shape index (κ2) is 8.18. The van der Waals surface area contributed by atoms with E-state index >= 15 is 0 Å². The number of likely N-dealkylation sites (N-methyl/N-ethyl adjacent to an activating group) is 1. The lowest BCUT2D eigenvalue weighted by Crippen LogP contribution is -2.29. The van der Waals surface area contributed by atoms with Crippen LogP contribution in [-0.4, -0.2) is 67.3 Å². The minimum atomic E-state index is -3.31. The van der Waals surface area contributed by atoms with Crippen molar-refractivity contribution in [2.24, 2.45) is 0 Å². The molecule has 176 valence electrons. The second-order valence-electron chi connectivity index (χ2n) is 9.12. The molecule has 5 rings (SSSR count). The summed E-state index contributed by atoms with van der Waals surface area (Å²) < 4.78 is 23.8. The van der Waals surface area contributed by atoms with Crippen LogP contribution >= 0.6 is 0 Å². The summed E-state index contributed by atoms with van der Waals surface area (Å²) in [5, 5.41) is 9.17. The highest BCUT2D eigenvalue weighted by molar-refractivity contribution is 7.90. The van der Waals surface area contributed by atoms with E-state index in [0.29, 0.717) is 11.5 Å². The molecular weight excluding hydrogens is 452 g/mol. The Bertz CT molecular complexity index is 1370. The topological polar surface area (TPSA) is 104 Å². The maximum absolute atomic E-state index is 12.8. The Balaban J connectivity index is 1.47. The molecule has 2 heterocycles. The van der Waals surface area contributed by atoms with Gasteiger partial charge in [0.25, 0.3) is 5.91 Å². The highest BCUT2D eigenvalue weighted by Crippen LogP contribution is 2.57. The van der Waals surface area contributed by atoms with Gasteiger partial charge in [-0.15, -0.1) is 0 Å². The number of hydrogen-bond acceptors (Lipinski definition) is 7. The molecule has 34 heavy (non-hydrogen) atoms. The summed E-state index contributed by atoms with van der Waals surface area (Å²) in [6, 6.07) is 12.5. The lowest BCUT2D eigenvalue weighted by Gasteiger charge is -2.20. The molecule has 1 aromatic heterocycles. The lowest BCUT2D eigenvalue weighted by molar-refractivity contribution is 0.0767. The van der Waals surface area contributed by atoms with E-state index in [1.54, 1.807) is 37.6 Å². The number of carbonyl (C=O) groups excluding carboxylic acids is 1. The fourth-order valence-electron chi connectivity index (χ4n) is 4.55. The molecule has 1 spiro atoms. The van der Waals surface area contributed by atoms with E-state index in [1.807, 2.05) is 24.3 Å². The molecule has 1 N–H and O–H groups in total. The number of aliphatic hydroxyl groups excluding tert-OH is 1. The standard InChI is InChI=1S/C25H26N4O4S/c1-28(10-11-30)23(31)18-6-7-21-22(13-18)29(16-25(21)8-9-25)24-26-14-19(15-27-24)17-4-3-5-20(12-17)34(2,32)33/h3-7,12-15,30H,8-11,16H2,1-2H3. The SMILES string of the molecule is CN(CCO)C(=O)c1ccc2c(c1)N(c1ncc(-c3cccc(S(C)(=O)=O)c3)cn1)CC21CC1. The lowest BCUT2D eigenvalue weighted by atomic mass is 9.97. The molecule has 0 bridgehead atoms. The summed E-state index contributed by atoms with van der Waals surface area (Å²) in [7, 11) is -1.64. The third kappa shape index (κ3) is 3.95. The Labute approximate surface area is 198 Å². The van der Waals surface area contributed by atoms with E-state index in [1.165, 1.54) is 16.7 Å². The van der Waals surface area contributed by atoms with Crippen LogP contribution in [0.5, 0.6) is 0 Å². The summed E-state index contributed by atoms with van der Waals surface area (Å²) >= 11 is 0. The summed E-state index contributed by atoms with van der Waals surface area (Å²) in [5.41, 5.74) is 4.25. The number of fused-ring (bicyclic) bond motifs is 2. The van der Waals surface area contributed by atoms with E-state index in [0.717, 1.165) is 36.2 Å². The van der Waals surface area contributed by atoms with Gasteiger partial charge in [0.2, 0.25) is 5.95 Å². The highest BCUT2D eigenvalue weighted by atomic mass is 32.2. The molecule has 1 saturated carbocycles. The van der Waals surface area contributed by atoms with E-state index < -0.39 is 9.84 Å². The van der Waals surface area contributed by atoms with E-state index in [2.05, 4.69) is 14.9 Å². The van der Waals surface area contributed by atoms with Crippen LogP contribution in [-0.2, 0) is 15.3 Å². The molecule has 1 aliphatic carbocycles. The van der Waals surface area contributed by atoms with Gasteiger partial charge in [0, 0.05) is 61.0 Å². The molecule has 8 nitrogen and oxygen atoms in total. The molecule has 2 aromatic carbocycles. The van der Waals surface area contributed by atoms with Crippen molar-refractivity contribution >= 4 is 27.4 Å². The first kappa shape index (κ1) is 22.5. The number of rotatable bonds is 6. The molecule has 3 aromatic rings. The number of aliphatic hydroxyl groups is 1. The molecule has 2 aliphatic rings. The van der Waals surface area contributed by atoms with Crippen molar-refractivity contribution in [1.29, 1.82) is 0 Å². The summed E-state index contributed by atoms with van der Waals surface area (Å²) in [4.78, 5) is 25.8. The van der Waals surface area contributed by atoms with Gasteiger partial charge in [-0.3, -0.25) is 4.79 Å². The van der Waals surface area contributed by atoms with Crippen molar-refractivity contribution in [3.05, 3.63) is 66.0 Å². The van der Waals surface area contributed by atoms with Crippen LogP contribution in [0, 0.1) is 0 Å². The number of sulfone groups is 1. The van der Waals surface area contributed by atoms with Crippen LogP contribution in [0.2, 0.25) is 0 Å². The quantitative estimate of drug-likeness (QED) is 0.581. The van der Waals surface area contributed by atoms with Crippen LogP contribution in [0.1, 0.15) is 28.8 Å². The van der Waals surface area contributed by atoms with Crippen molar-refractivity contribution in [3.63, 3.8) is 0 Å². The smallest absolute Gasteiger partial charge is 0.253 e. The zero-order valence-electron chi connectivity index (χ0n) is 19.1. The molecule has 1 amide bonds. The number of benzene rings is 2. The molecule has 0 radical (unpaired) electrons. The van der Waals surface area contributed by atoms with Crippen LogP contribution in [0.15, 0.2) is 59.8 Å². The van der Waals surface area contributed by atoms with Gasteiger partial charge in [-0.2, -0.15) is 0 Å². The molecular formula is C25H26N4O4S. The minimum Gasteiger partial charge on any atom is -0.395 e. The monoisotopic (exact) mass is 478 g/mol. The fraction of sp³-hybridized carbons (Fsp3) is 0.320. The Morgan fingerprint density at radius 3 is 2.50 bits per heavy atom. The van der Waals surface area contributed by atoms with Crippen molar-refractivity contribution < 1.29 is 18.3 Å². The average molecular weight is 479 g/mol. The van der Waals surface area contributed by atoms with Gasteiger partial charge in [0.05, 0.1) is 11.5 Å². The van der Waals surface area contributed by atoms with Crippen molar-refractivity contribution in [2.75, 3.05) is 37.9 Å². The number of nitrogens with zero attached hydrogens (tertiary/aromatic N) is 4. The predicted molar refractivity (Wildman–Crippen MR) is 129 cm³/mol. The maximum atomic E-state index is 12.8. The number of carbonyl (C=O) groups is 1. The van der Waals surface area contributed by atoms with E-state index in [4.69, 9.17) is 5.11 Å². The van der Waals surface area contributed by atoms with Crippen LogP contribution in [0.3, 0.4) is 0 Å². The van der Waals surface area contributed by atoms with Crippen LogP contribution < -0.4 is 4.90 Å². The average Bonchev–Trinajstić information content (AvgIpc) is 3.54. The largest absolute Gasteiger partial charge is 0.395 e. The molecule has 1 fully saturated rings. The normalized spacial score (nSPS) is 15.9. The first-order valence-electron chi connectivity index (χ1n) is 11.1. The Morgan fingerprint density at radius 2 is 1.85 bits per heavy atom. The third-order valence-electron chi connectivity index (χ3n) is 6.68. The van der Waals surface area contributed by atoms with Gasteiger partial charge in [0.15, 0.2) is 9.84 Å². The van der Waals surface area contributed by atoms with Crippen molar-refractivity contribution in [2.45, 2.75) is 23.2 Å². The van der Waals surface area contributed by atoms with Gasteiger partial charge in [-0.1, -0.05) is 18.2 Å². The summed E-state index contributed by atoms with van der Waals surface area (Å²) in [6.45, 7) is 0.944. The summed E-state index contributed by atoms with van der Waals surface area (Å²) in [5.74, 6) is 0.400. The maximum Gasteiger partial charge on any atom is 0.253 e. The predicted octanol–water partition coefficient (Wildman–Crippen LogP) is 2.79. The van der Waals surface area contributed by atoms with Gasteiger partial charge >= 0.3 is 0 Å². The van der Waals surface area contributed by atoms with Crippen molar-refractivity contribution in [1.82, 2.24) is 14.9 Å². The van der Waals surface area contributed by atoms with Gasteiger partial charge in [-0.05, 0) is 48.2 Å². The fourth-order valence-corrected chi connectivity index (χ4v) is 5.22. The third-order valence-corrected chi connectivity index (χ3v) is 7.79. The summed E-state index contributed by atoms with van der Waals surface area (Å²) in [6.07, 6.45) is 6.76.